The Morgan fingerprint density at radius 3 is 2.68 bits per heavy atom. The number of methoxy groups -OCH3 is 1. The average Bonchev–Trinajstić information content (AvgIpc) is 3.25. The summed E-state index contributed by atoms with van der Waals surface area (Å²) in [6, 6.07) is 21.8. The minimum atomic E-state index is -0.336. The van der Waals surface area contributed by atoms with Crippen molar-refractivity contribution in [2.45, 2.75) is 25.6 Å². The molecule has 0 N–H and O–H groups in total. The van der Waals surface area contributed by atoms with Crippen LogP contribution in [0.25, 0.3) is 0 Å². The number of hydrogen-bond donors (Lipinski definition) is 0. The number of benzene rings is 3. The van der Waals surface area contributed by atoms with Gasteiger partial charge in [0.25, 0.3) is 0 Å². The largest absolute Gasteiger partial charge is 0.497 e. The van der Waals surface area contributed by atoms with Gasteiger partial charge in [0.05, 0.1) is 25.5 Å². The number of rotatable bonds is 5. The van der Waals surface area contributed by atoms with E-state index >= 15 is 0 Å². The molecule has 0 unspecified atom stereocenters. The fraction of sp³-hybridized carbons (Fsp3) is 0.240. The van der Waals surface area contributed by atoms with Gasteiger partial charge in [-0.2, -0.15) is 5.10 Å². The Kier molecular flexibility index (Phi) is 5.20. The van der Waals surface area contributed by atoms with E-state index in [1.165, 1.54) is 0 Å². The van der Waals surface area contributed by atoms with Crippen molar-refractivity contribution in [1.29, 1.82) is 0 Å². The summed E-state index contributed by atoms with van der Waals surface area (Å²) in [5.74, 6) is 2.49. The van der Waals surface area contributed by atoms with Crippen LogP contribution in [-0.2, 0) is 0 Å². The maximum atomic E-state index is 6.41. The second kappa shape index (κ2) is 8.16. The van der Waals surface area contributed by atoms with Crippen LogP contribution < -0.4 is 14.2 Å². The zero-order chi connectivity index (χ0) is 21.4. The number of hydrogen-bond acceptors (Lipinski definition) is 5. The molecule has 5 nitrogen and oxygen atoms in total. The molecule has 2 aliphatic rings. The lowest BCUT2D eigenvalue weighted by Gasteiger charge is -2.38. The molecule has 31 heavy (non-hydrogen) atoms. The van der Waals surface area contributed by atoms with E-state index in [0.717, 1.165) is 46.1 Å². The molecule has 0 saturated heterocycles. The summed E-state index contributed by atoms with van der Waals surface area (Å²) in [6.45, 7) is 2.61. The number of ether oxygens (including phenoxy) is 3. The van der Waals surface area contributed by atoms with Crippen molar-refractivity contribution >= 4 is 17.3 Å². The minimum Gasteiger partial charge on any atom is -0.497 e. The van der Waals surface area contributed by atoms with Crippen molar-refractivity contribution in [3.05, 3.63) is 88.4 Å². The van der Waals surface area contributed by atoms with Gasteiger partial charge in [-0.3, -0.25) is 0 Å². The quantitative estimate of drug-likeness (QED) is 0.494. The SMILES string of the molecule is CCOc1ccc([C@@H]2Oc3ccc(Cl)cc3[C@@H]3CC(c4cccc(OC)c4)=NN32)cc1. The molecule has 5 rings (SSSR count). The number of fused-ring (bicyclic) bond motifs is 3. The Labute approximate surface area is 186 Å². The first-order valence-corrected chi connectivity index (χ1v) is 10.7. The van der Waals surface area contributed by atoms with Gasteiger partial charge >= 0.3 is 0 Å². The second-order valence-corrected chi connectivity index (χ2v) is 7.97. The summed E-state index contributed by atoms with van der Waals surface area (Å²) < 4.78 is 17.4. The van der Waals surface area contributed by atoms with E-state index in [-0.39, 0.29) is 12.3 Å². The number of nitrogens with zero attached hydrogens (tertiary/aromatic N) is 2. The van der Waals surface area contributed by atoms with Gasteiger partial charge in [-0.25, -0.2) is 5.01 Å². The summed E-state index contributed by atoms with van der Waals surface area (Å²) in [5.41, 5.74) is 4.11. The van der Waals surface area contributed by atoms with Crippen molar-refractivity contribution in [3.8, 4) is 17.2 Å². The van der Waals surface area contributed by atoms with E-state index in [4.69, 9.17) is 30.9 Å². The van der Waals surface area contributed by atoms with Gasteiger partial charge in [0.2, 0.25) is 6.23 Å². The molecule has 3 aromatic carbocycles. The van der Waals surface area contributed by atoms with Crippen molar-refractivity contribution in [2.24, 2.45) is 5.10 Å². The Hall–Kier alpha value is -3.18. The molecule has 2 aliphatic heterocycles. The predicted molar refractivity (Wildman–Crippen MR) is 121 cm³/mol. The third-order valence-electron chi connectivity index (χ3n) is 5.63. The van der Waals surface area contributed by atoms with E-state index in [0.29, 0.717) is 11.6 Å². The van der Waals surface area contributed by atoms with Crippen LogP contribution >= 0.6 is 11.6 Å². The zero-order valence-electron chi connectivity index (χ0n) is 17.4. The van der Waals surface area contributed by atoms with Crippen LogP contribution in [0.1, 0.15) is 42.3 Å². The molecule has 2 heterocycles. The van der Waals surface area contributed by atoms with E-state index in [2.05, 4.69) is 6.07 Å². The smallest absolute Gasteiger partial charge is 0.213 e. The standard InChI is InChI=1S/C25H23ClN2O3/c1-3-30-19-10-7-16(8-11-19)25-28-23(21-14-18(26)9-12-24(21)31-25)15-22(27-28)17-5-4-6-20(13-17)29-2/h4-14,23,25H,3,15H2,1-2H3/t23-,25-/m0/s1. The molecule has 6 heteroatoms. The van der Waals surface area contributed by atoms with Crippen molar-refractivity contribution in [3.63, 3.8) is 0 Å². The Morgan fingerprint density at radius 1 is 1.06 bits per heavy atom. The molecule has 0 aliphatic carbocycles. The van der Waals surface area contributed by atoms with Gasteiger partial charge in [-0.15, -0.1) is 0 Å². The van der Waals surface area contributed by atoms with E-state index in [1.54, 1.807) is 7.11 Å². The van der Waals surface area contributed by atoms with Gasteiger partial charge in [0.1, 0.15) is 17.2 Å². The lowest BCUT2D eigenvalue weighted by Crippen LogP contribution is -2.33. The molecular weight excluding hydrogens is 412 g/mol. The average molecular weight is 435 g/mol. The lowest BCUT2D eigenvalue weighted by molar-refractivity contribution is -0.0190. The highest BCUT2D eigenvalue weighted by atomic mass is 35.5. The zero-order valence-corrected chi connectivity index (χ0v) is 18.2. The van der Waals surface area contributed by atoms with Crippen LogP contribution in [-0.4, -0.2) is 24.4 Å². The number of halogens is 1. The van der Waals surface area contributed by atoms with Gasteiger partial charge in [-0.05, 0) is 61.5 Å². The topological polar surface area (TPSA) is 43.3 Å². The van der Waals surface area contributed by atoms with E-state index in [9.17, 15) is 0 Å². The van der Waals surface area contributed by atoms with Gasteiger partial charge in [-0.1, -0.05) is 23.7 Å². The highest BCUT2D eigenvalue weighted by Crippen LogP contribution is 2.48. The highest BCUT2D eigenvalue weighted by Gasteiger charge is 2.41. The van der Waals surface area contributed by atoms with E-state index in [1.807, 2.05) is 72.6 Å². The molecule has 0 amide bonds. The van der Waals surface area contributed by atoms with Crippen molar-refractivity contribution < 1.29 is 14.2 Å². The van der Waals surface area contributed by atoms with Crippen LogP contribution in [0.4, 0.5) is 0 Å². The van der Waals surface area contributed by atoms with Gasteiger partial charge < -0.3 is 14.2 Å². The van der Waals surface area contributed by atoms with Crippen LogP contribution in [0.3, 0.4) is 0 Å². The van der Waals surface area contributed by atoms with Gasteiger partial charge in [0.15, 0.2) is 0 Å². The fourth-order valence-corrected chi connectivity index (χ4v) is 4.33. The Balaban J connectivity index is 1.55. The third kappa shape index (κ3) is 3.70. The van der Waals surface area contributed by atoms with Crippen LogP contribution in [0.5, 0.6) is 17.2 Å². The fourth-order valence-electron chi connectivity index (χ4n) is 4.15. The maximum Gasteiger partial charge on any atom is 0.213 e. The first-order valence-electron chi connectivity index (χ1n) is 10.4. The van der Waals surface area contributed by atoms with Crippen LogP contribution in [0.2, 0.25) is 5.02 Å². The highest BCUT2D eigenvalue weighted by molar-refractivity contribution is 6.30. The monoisotopic (exact) mass is 434 g/mol. The summed E-state index contributed by atoms with van der Waals surface area (Å²) in [4.78, 5) is 0. The molecule has 3 aromatic rings. The van der Waals surface area contributed by atoms with Crippen LogP contribution in [0.15, 0.2) is 71.8 Å². The Bertz CT molecular complexity index is 1130. The first kappa shape index (κ1) is 19.8. The predicted octanol–water partition coefficient (Wildman–Crippen LogP) is 5.99. The van der Waals surface area contributed by atoms with Crippen molar-refractivity contribution in [1.82, 2.24) is 5.01 Å². The third-order valence-corrected chi connectivity index (χ3v) is 5.87. The van der Waals surface area contributed by atoms with E-state index < -0.39 is 0 Å². The molecule has 2 atom stereocenters. The summed E-state index contributed by atoms with van der Waals surface area (Å²) in [6.07, 6.45) is 0.426. The first-order chi connectivity index (χ1) is 15.2. The summed E-state index contributed by atoms with van der Waals surface area (Å²) in [5, 5.41) is 7.73. The molecule has 0 bridgehead atoms. The normalized spacial score (nSPS) is 19.2. The maximum absolute atomic E-state index is 6.41. The van der Waals surface area contributed by atoms with Gasteiger partial charge in [0, 0.05) is 28.1 Å². The molecule has 0 saturated carbocycles. The summed E-state index contributed by atoms with van der Waals surface area (Å²) in [7, 11) is 1.67. The molecular formula is C25H23ClN2O3. The van der Waals surface area contributed by atoms with Crippen molar-refractivity contribution in [2.75, 3.05) is 13.7 Å². The van der Waals surface area contributed by atoms with Crippen LogP contribution in [0, 0.1) is 0 Å². The lowest BCUT2D eigenvalue weighted by atomic mass is 9.96. The summed E-state index contributed by atoms with van der Waals surface area (Å²) >= 11 is 6.32. The molecule has 158 valence electrons. The molecule has 0 radical (unpaired) electrons. The Morgan fingerprint density at radius 2 is 1.90 bits per heavy atom. The minimum absolute atomic E-state index is 0.0419. The number of hydrazone groups is 1. The molecule has 0 aromatic heterocycles. The molecule has 0 spiro atoms. The second-order valence-electron chi connectivity index (χ2n) is 7.53. The molecule has 0 fully saturated rings.